The number of fused-ring (bicyclic) bond motifs is 1. The van der Waals surface area contributed by atoms with Crippen LogP contribution >= 0.6 is 23.2 Å². The Morgan fingerprint density at radius 2 is 1.76 bits per heavy atom. The van der Waals surface area contributed by atoms with Crippen molar-refractivity contribution < 1.29 is 24.9 Å². The Labute approximate surface area is 225 Å². The van der Waals surface area contributed by atoms with E-state index in [0.717, 1.165) is 12.8 Å². The van der Waals surface area contributed by atoms with Gasteiger partial charge in [-0.15, -0.1) is 0 Å². The van der Waals surface area contributed by atoms with Gasteiger partial charge in [0.05, 0.1) is 37.1 Å². The molecule has 1 fully saturated rings. The lowest BCUT2D eigenvalue weighted by Gasteiger charge is -2.40. The molecule has 2 aromatic carbocycles. The minimum Gasteiger partial charge on any atom is -0.396 e. The molecule has 2 heterocycles. The van der Waals surface area contributed by atoms with Crippen molar-refractivity contribution in [2.45, 2.75) is 37.6 Å². The normalized spacial score (nSPS) is 21.6. The molecule has 1 aliphatic carbocycles. The monoisotopic (exact) mass is 542 g/mol. The average molecular weight is 543 g/mol. The lowest BCUT2D eigenvalue weighted by Crippen LogP contribution is -2.47. The van der Waals surface area contributed by atoms with Gasteiger partial charge in [0.25, 0.3) is 5.91 Å². The summed E-state index contributed by atoms with van der Waals surface area (Å²) in [5.74, 6) is -0.314. The Morgan fingerprint density at radius 1 is 1.05 bits per heavy atom. The van der Waals surface area contributed by atoms with Crippen molar-refractivity contribution >= 4 is 29.1 Å². The molecule has 1 saturated carbocycles. The molecule has 9 heteroatoms. The molecule has 5 rings (SSSR count). The molecule has 2 aliphatic rings. The first-order chi connectivity index (χ1) is 17.6. The third-order valence-electron chi connectivity index (χ3n) is 7.39. The van der Waals surface area contributed by atoms with E-state index in [2.05, 4.69) is 4.98 Å². The largest absolute Gasteiger partial charge is 0.396 e. The number of aliphatic hydroxyl groups excluding tert-OH is 2. The van der Waals surface area contributed by atoms with Gasteiger partial charge in [-0.05, 0) is 55.7 Å². The van der Waals surface area contributed by atoms with Crippen LogP contribution < -0.4 is 0 Å². The van der Waals surface area contributed by atoms with Crippen LogP contribution in [0.25, 0.3) is 0 Å². The molecule has 0 bridgehead atoms. The molecular formula is C28H28Cl2N2O5. The standard InChI is InChI=1S/C28H28Cl2N2O5/c1-26(36,15-33)19-4-9-24-23(12-19)25(35)32(14-22-8-7-21(30)13-31-22)28(24,18-2-5-20(29)6-3-18)37-17-27(16-34)10-11-27/h2-9,12-13,33-34,36H,10-11,14-17H2,1H3/t26?,28-/m1/s1. The van der Waals surface area contributed by atoms with Gasteiger partial charge in [-0.25, -0.2) is 0 Å². The fourth-order valence-corrected chi connectivity index (χ4v) is 4.97. The molecule has 1 unspecified atom stereocenters. The van der Waals surface area contributed by atoms with E-state index in [1.807, 2.05) is 12.1 Å². The SMILES string of the molecule is CC(O)(CO)c1ccc2c(c1)C(=O)N(Cc1ccc(Cl)cn1)[C@@]2(OCC1(CO)CC1)c1ccc(Cl)cc1. The van der Waals surface area contributed by atoms with Gasteiger partial charge in [0.2, 0.25) is 0 Å². The van der Waals surface area contributed by atoms with E-state index in [1.54, 1.807) is 47.4 Å². The number of halogens is 2. The number of hydrogen-bond acceptors (Lipinski definition) is 6. The van der Waals surface area contributed by atoms with Gasteiger partial charge in [-0.2, -0.15) is 0 Å². The maximum Gasteiger partial charge on any atom is 0.257 e. The number of amides is 1. The summed E-state index contributed by atoms with van der Waals surface area (Å²) in [5, 5.41) is 31.4. The molecule has 194 valence electrons. The van der Waals surface area contributed by atoms with Gasteiger partial charge in [0, 0.05) is 33.3 Å². The topological polar surface area (TPSA) is 103 Å². The Kier molecular flexibility index (Phi) is 6.81. The molecule has 1 amide bonds. The van der Waals surface area contributed by atoms with E-state index >= 15 is 0 Å². The highest BCUT2D eigenvalue weighted by Gasteiger charge is 2.55. The van der Waals surface area contributed by atoms with Crippen molar-refractivity contribution in [2.24, 2.45) is 5.41 Å². The third-order valence-corrected chi connectivity index (χ3v) is 7.87. The van der Waals surface area contributed by atoms with Crippen LogP contribution in [-0.4, -0.2) is 50.9 Å². The van der Waals surface area contributed by atoms with Gasteiger partial charge in [-0.1, -0.05) is 47.5 Å². The van der Waals surface area contributed by atoms with E-state index < -0.39 is 17.9 Å². The summed E-state index contributed by atoms with van der Waals surface area (Å²) >= 11 is 12.3. The lowest BCUT2D eigenvalue weighted by molar-refractivity contribution is -0.129. The van der Waals surface area contributed by atoms with Gasteiger partial charge >= 0.3 is 0 Å². The first kappa shape index (κ1) is 26.1. The summed E-state index contributed by atoms with van der Waals surface area (Å²) in [6.45, 7) is 1.33. The van der Waals surface area contributed by atoms with Crippen molar-refractivity contribution in [2.75, 3.05) is 19.8 Å². The number of carbonyl (C=O) groups is 1. The predicted molar refractivity (Wildman–Crippen MR) is 139 cm³/mol. The van der Waals surface area contributed by atoms with E-state index in [-0.39, 0.29) is 31.1 Å². The number of rotatable bonds is 9. The van der Waals surface area contributed by atoms with Crippen LogP contribution in [0.1, 0.15) is 52.5 Å². The Balaban J connectivity index is 1.70. The second kappa shape index (κ2) is 9.66. The quantitative estimate of drug-likeness (QED) is 0.373. The van der Waals surface area contributed by atoms with Crippen LogP contribution in [0.4, 0.5) is 0 Å². The second-order valence-corrected chi connectivity index (χ2v) is 11.0. The number of pyridine rings is 1. The summed E-state index contributed by atoms with van der Waals surface area (Å²) in [7, 11) is 0. The molecule has 2 atom stereocenters. The van der Waals surface area contributed by atoms with Gasteiger partial charge in [0.15, 0.2) is 5.72 Å². The summed E-state index contributed by atoms with van der Waals surface area (Å²) < 4.78 is 6.73. The number of nitrogens with zero attached hydrogens (tertiary/aromatic N) is 2. The average Bonchev–Trinajstić information content (AvgIpc) is 3.65. The summed E-state index contributed by atoms with van der Waals surface area (Å²) in [5.41, 5.74) is -0.565. The van der Waals surface area contributed by atoms with Crippen LogP contribution in [0.3, 0.4) is 0 Å². The molecule has 37 heavy (non-hydrogen) atoms. The van der Waals surface area contributed by atoms with Crippen molar-refractivity contribution in [3.05, 3.63) is 98.8 Å². The fourth-order valence-electron chi connectivity index (χ4n) is 4.73. The van der Waals surface area contributed by atoms with Crippen LogP contribution in [0.15, 0.2) is 60.8 Å². The summed E-state index contributed by atoms with van der Waals surface area (Å²) in [6.07, 6.45) is 3.19. The number of aromatic nitrogens is 1. The first-order valence-corrected chi connectivity index (χ1v) is 12.8. The highest BCUT2D eigenvalue weighted by Crippen LogP contribution is 2.51. The predicted octanol–water partition coefficient (Wildman–Crippen LogP) is 4.23. The van der Waals surface area contributed by atoms with Crippen LogP contribution in [-0.2, 0) is 22.6 Å². The molecular weight excluding hydrogens is 515 g/mol. The second-order valence-electron chi connectivity index (χ2n) is 10.1. The highest BCUT2D eigenvalue weighted by molar-refractivity contribution is 6.30. The number of aliphatic hydroxyl groups is 3. The minimum absolute atomic E-state index is 0.0124. The molecule has 3 aromatic rings. The molecule has 3 N–H and O–H groups in total. The highest BCUT2D eigenvalue weighted by atomic mass is 35.5. The van der Waals surface area contributed by atoms with Crippen molar-refractivity contribution in [1.82, 2.24) is 9.88 Å². The first-order valence-electron chi connectivity index (χ1n) is 12.1. The lowest BCUT2D eigenvalue weighted by atomic mass is 9.89. The van der Waals surface area contributed by atoms with Gasteiger partial charge in [-0.3, -0.25) is 14.7 Å². The maximum atomic E-state index is 14.1. The smallest absolute Gasteiger partial charge is 0.257 e. The molecule has 1 aliphatic heterocycles. The number of benzene rings is 2. The number of ether oxygens (including phenoxy) is 1. The Bertz CT molecular complexity index is 1310. The van der Waals surface area contributed by atoms with E-state index in [9.17, 15) is 20.1 Å². The molecule has 7 nitrogen and oxygen atoms in total. The zero-order valence-electron chi connectivity index (χ0n) is 20.3. The maximum absolute atomic E-state index is 14.1. The van der Waals surface area contributed by atoms with Gasteiger partial charge in [0.1, 0.15) is 5.60 Å². The molecule has 0 radical (unpaired) electrons. The third kappa shape index (κ3) is 4.65. The van der Waals surface area contributed by atoms with Crippen molar-refractivity contribution in [3.8, 4) is 0 Å². The molecule has 0 saturated heterocycles. The Hall–Kier alpha value is -2.52. The van der Waals surface area contributed by atoms with E-state index in [1.165, 1.54) is 13.1 Å². The zero-order valence-corrected chi connectivity index (χ0v) is 21.8. The minimum atomic E-state index is -1.53. The van der Waals surface area contributed by atoms with Crippen LogP contribution in [0, 0.1) is 5.41 Å². The van der Waals surface area contributed by atoms with Crippen molar-refractivity contribution in [3.63, 3.8) is 0 Å². The van der Waals surface area contributed by atoms with Crippen LogP contribution in [0.5, 0.6) is 0 Å². The summed E-state index contributed by atoms with van der Waals surface area (Å²) in [4.78, 5) is 20.1. The van der Waals surface area contributed by atoms with Gasteiger partial charge < -0.3 is 20.1 Å². The molecule has 1 aromatic heterocycles. The van der Waals surface area contributed by atoms with E-state index in [4.69, 9.17) is 27.9 Å². The molecule has 0 spiro atoms. The number of carbonyl (C=O) groups excluding carboxylic acids is 1. The Morgan fingerprint density at radius 3 is 2.35 bits per heavy atom. The summed E-state index contributed by atoms with van der Waals surface area (Å²) in [6, 6.07) is 15.7. The number of hydrogen-bond donors (Lipinski definition) is 3. The fraction of sp³-hybridized carbons (Fsp3) is 0.357. The van der Waals surface area contributed by atoms with Crippen LogP contribution in [0.2, 0.25) is 10.0 Å². The zero-order chi connectivity index (χ0) is 26.4. The van der Waals surface area contributed by atoms with Crippen molar-refractivity contribution in [1.29, 1.82) is 0 Å². The van der Waals surface area contributed by atoms with E-state index in [0.29, 0.717) is 38.0 Å².